The van der Waals surface area contributed by atoms with Gasteiger partial charge in [0.1, 0.15) is 12.2 Å². The minimum atomic E-state index is -4.66. The topological polar surface area (TPSA) is 120 Å². The molecule has 2 heterocycles. The molecule has 9 heteroatoms. The predicted octanol–water partition coefficient (Wildman–Crippen LogP) is -0.174. The van der Waals surface area contributed by atoms with Gasteiger partial charge in [-0.15, -0.1) is 0 Å². The van der Waals surface area contributed by atoms with Gasteiger partial charge < -0.3 is 24.7 Å². The molecular formula is C13H21NO7P+. The maximum atomic E-state index is 10.7. The van der Waals surface area contributed by atoms with Crippen LogP contribution >= 0.6 is 7.82 Å². The van der Waals surface area contributed by atoms with Gasteiger partial charge in [-0.1, -0.05) is 13.8 Å². The lowest BCUT2D eigenvalue weighted by atomic mass is 10.1. The van der Waals surface area contributed by atoms with Crippen molar-refractivity contribution in [2.24, 2.45) is 0 Å². The molecule has 2 rings (SSSR count). The molecule has 0 saturated carbocycles. The largest absolute Gasteiger partial charge is 0.469 e. The molecule has 0 radical (unpaired) electrons. The van der Waals surface area contributed by atoms with Gasteiger partial charge in [-0.3, -0.25) is 4.52 Å². The van der Waals surface area contributed by atoms with Crippen LogP contribution in [0.4, 0.5) is 0 Å². The minimum Gasteiger partial charge on any atom is -0.387 e. The van der Waals surface area contributed by atoms with Crippen molar-refractivity contribution in [2.45, 2.75) is 44.3 Å². The summed E-state index contributed by atoms with van der Waals surface area (Å²) in [5.74, 6) is 0.282. The molecule has 22 heavy (non-hydrogen) atoms. The molecule has 4 atom stereocenters. The third kappa shape index (κ3) is 4.11. The van der Waals surface area contributed by atoms with Gasteiger partial charge in [0.15, 0.2) is 18.5 Å². The number of aliphatic hydroxyl groups excluding tert-OH is 2. The van der Waals surface area contributed by atoms with E-state index in [1.165, 1.54) is 0 Å². The summed E-state index contributed by atoms with van der Waals surface area (Å²) in [5, 5.41) is 20.0. The molecule has 0 bridgehead atoms. The lowest BCUT2D eigenvalue weighted by Gasteiger charge is -2.13. The van der Waals surface area contributed by atoms with E-state index in [2.05, 4.69) is 4.52 Å². The van der Waals surface area contributed by atoms with E-state index in [-0.39, 0.29) is 5.92 Å². The zero-order valence-corrected chi connectivity index (χ0v) is 13.2. The smallest absolute Gasteiger partial charge is 0.387 e. The first-order valence-electron chi connectivity index (χ1n) is 6.91. The molecule has 0 amide bonds. The van der Waals surface area contributed by atoms with Gasteiger partial charge in [-0.25, -0.2) is 4.57 Å². The first-order chi connectivity index (χ1) is 10.2. The van der Waals surface area contributed by atoms with Crippen LogP contribution in [0.25, 0.3) is 0 Å². The Morgan fingerprint density at radius 2 is 2.05 bits per heavy atom. The number of phosphoric ester groups is 1. The summed E-state index contributed by atoms with van der Waals surface area (Å²) in [6.07, 6.45) is -0.901. The lowest BCUT2D eigenvalue weighted by Crippen LogP contribution is -2.46. The Kier molecular flexibility index (Phi) is 5.34. The molecule has 8 nitrogen and oxygen atoms in total. The summed E-state index contributed by atoms with van der Waals surface area (Å²) in [6.45, 7) is 3.54. The van der Waals surface area contributed by atoms with Crippen LogP contribution in [0.1, 0.15) is 31.6 Å². The van der Waals surface area contributed by atoms with Crippen LogP contribution in [0.5, 0.6) is 0 Å². The number of ether oxygens (including phenoxy) is 1. The average Bonchev–Trinajstić information content (AvgIpc) is 2.72. The zero-order chi connectivity index (χ0) is 16.5. The summed E-state index contributed by atoms with van der Waals surface area (Å²) in [6, 6.07) is 3.74. The van der Waals surface area contributed by atoms with Crippen LogP contribution in [0.15, 0.2) is 24.5 Å². The molecule has 1 aliphatic rings. The lowest BCUT2D eigenvalue weighted by molar-refractivity contribution is -0.766. The second kappa shape index (κ2) is 6.72. The van der Waals surface area contributed by atoms with Crippen LogP contribution in [0.3, 0.4) is 0 Å². The minimum absolute atomic E-state index is 0.282. The van der Waals surface area contributed by atoms with E-state index in [0.717, 1.165) is 5.56 Å². The number of rotatable bonds is 5. The summed E-state index contributed by atoms with van der Waals surface area (Å²) >= 11 is 0. The quantitative estimate of drug-likeness (QED) is 0.436. The van der Waals surface area contributed by atoms with E-state index in [0.29, 0.717) is 0 Å². The number of pyridine rings is 1. The molecule has 1 fully saturated rings. The monoisotopic (exact) mass is 334 g/mol. The van der Waals surface area contributed by atoms with Gasteiger partial charge >= 0.3 is 7.82 Å². The van der Waals surface area contributed by atoms with Crippen molar-refractivity contribution in [3.05, 3.63) is 30.1 Å². The van der Waals surface area contributed by atoms with Crippen LogP contribution in [0.2, 0.25) is 0 Å². The van der Waals surface area contributed by atoms with E-state index in [4.69, 9.17) is 14.5 Å². The Morgan fingerprint density at radius 1 is 1.36 bits per heavy atom. The first-order valence-corrected chi connectivity index (χ1v) is 8.44. The van der Waals surface area contributed by atoms with Gasteiger partial charge in [-0.2, -0.15) is 4.57 Å². The van der Waals surface area contributed by atoms with Gasteiger partial charge in [-0.05, 0) is 12.0 Å². The Labute approximate surface area is 128 Å². The Morgan fingerprint density at radius 3 is 2.64 bits per heavy atom. The fourth-order valence-corrected chi connectivity index (χ4v) is 2.64. The molecule has 0 aliphatic carbocycles. The molecule has 1 aromatic rings. The Bertz CT molecular complexity index is 561. The highest BCUT2D eigenvalue weighted by atomic mass is 31.2. The summed E-state index contributed by atoms with van der Waals surface area (Å²) in [5.41, 5.74) is 1.03. The van der Waals surface area contributed by atoms with Crippen LogP contribution < -0.4 is 4.57 Å². The van der Waals surface area contributed by atoms with Crippen molar-refractivity contribution in [3.63, 3.8) is 0 Å². The number of phosphoric acid groups is 1. The van der Waals surface area contributed by atoms with Crippen molar-refractivity contribution in [3.8, 4) is 0 Å². The second-order valence-corrected chi connectivity index (χ2v) is 6.81. The summed E-state index contributed by atoms with van der Waals surface area (Å²) in [7, 11) is -4.66. The molecule has 4 unspecified atom stereocenters. The van der Waals surface area contributed by atoms with Crippen molar-refractivity contribution >= 4 is 7.82 Å². The molecule has 1 saturated heterocycles. The molecule has 1 aliphatic heterocycles. The first kappa shape index (κ1) is 17.5. The Hall–Kier alpha value is -0.860. The van der Waals surface area contributed by atoms with Gasteiger partial charge in [0.25, 0.3) is 6.23 Å². The highest BCUT2D eigenvalue weighted by Crippen LogP contribution is 2.37. The van der Waals surface area contributed by atoms with E-state index in [1.54, 1.807) is 23.0 Å². The second-order valence-electron chi connectivity index (χ2n) is 5.57. The molecule has 0 spiro atoms. The Balaban J connectivity index is 2.12. The number of aliphatic hydroxyl groups is 2. The van der Waals surface area contributed by atoms with E-state index in [1.807, 2.05) is 19.9 Å². The molecule has 0 aromatic carbocycles. The standard InChI is InChI=1S/C13H20NO7P/c1-8(2)9-4-3-5-14(6-9)13-12(16)11(15)10(21-13)7-20-22(17,18)19/h3-6,8,10-13,15-16H,7H2,1-2H3,(H-,17,18,19)/p+1. The van der Waals surface area contributed by atoms with E-state index < -0.39 is 39.0 Å². The maximum absolute atomic E-state index is 10.7. The summed E-state index contributed by atoms with van der Waals surface area (Å²) in [4.78, 5) is 17.4. The van der Waals surface area contributed by atoms with Crippen molar-refractivity contribution in [2.75, 3.05) is 6.61 Å². The highest BCUT2D eigenvalue weighted by molar-refractivity contribution is 7.46. The average molecular weight is 334 g/mol. The summed E-state index contributed by atoms with van der Waals surface area (Å²) < 4.78 is 22.2. The van der Waals surface area contributed by atoms with Crippen LogP contribution in [-0.2, 0) is 13.8 Å². The van der Waals surface area contributed by atoms with Crippen molar-refractivity contribution < 1.29 is 38.4 Å². The normalized spacial score (nSPS) is 29.2. The predicted molar refractivity (Wildman–Crippen MR) is 74.6 cm³/mol. The highest BCUT2D eigenvalue weighted by Gasteiger charge is 2.48. The molecule has 4 N–H and O–H groups in total. The fourth-order valence-electron chi connectivity index (χ4n) is 2.30. The third-order valence-electron chi connectivity index (χ3n) is 3.55. The molecular weight excluding hydrogens is 313 g/mol. The van der Waals surface area contributed by atoms with E-state index >= 15 is 0 Å². The third-order valence-corrected chi connectivity index (χ3v) is 4.04. The zero-order valence-electron chi connectivity index (χ0n) is 12.3. The van der Waals surface area contributed by atoms with Crippen LogP contribution in [-0.4, -0.2) is 44.9 Å². The van der Waals surface area contributed by atoms with Crippen molar-refractivity contribution in [1.29, 1.82) is 0 Å². The number of nitrogens with zero attached hydrogens (tertiary/aromatic N) is 1. The molecule has 1 aromatic heterocycles. The number of aromatic nitrogens is 1. The van der Waals surface area contributed by atoms with Gasteiger partial charge in [0, 0.05) is 11.6 Å². The number of hydrogen-bond acceptors (Lipinski definition) is 5. The van der Waals surface area contributed by atoms with Crippen LogP contribution in [0, 0.1) is 0 Å². The van der Waals surface area contributed by atoms with E-state index in [9.17, 15) is 14.8 Å². The molecule has 124 valence electrons. The van der Waals surface area contributed by atoms with Gasteiger partial charge in [0.05, 0.1) is 6.61 Å². The SMILES string of the molecule is CC(C)c1ccc[n+](C2OC(COP(=O)(O)O)C(O)C2O)c1. The van der Waals surface area contributed by atoms with Gasteiger partial charge in [0.2, 0.25) is 0 Å². The fraction of sp³-hybridized carbons (Fsp3) is 0.615. The maximum Gasteiger partial charge on any atom is 0.469 e. The number of hydrogen-bond donors (Lipinski definition) is 4. The van der Waals surface area contributed by atoms with Crippen molar-refractivity contribution in [1.82, 2.24) is 0 Å².